The number of hydrogen-bond acceptors (Lipinski definition) is 4. The first-order chi connectivity index (χ1) is 11.9. The molecule has 0 spiro atoms. The molecule has 0 saturated heterocycles. The van der Waals surface area contributed by atoms with Gasteiger partial charge in [0.1, 0.15) is 16.5 Å². The second-order valence-electron chi connectivity index (χ2n) is 5.20. The molecule has 0 amide bonds. The van der Waals surface area contributed by atoms with Crippen molar-refractivity contribution in [2.24, 2.45) is 0 Å². The van der Waals surface area contributed by atoms with E-state index in [0.29, 0.717) is 21.6 Å². The van der Waals surface area contributed by atoms with E-state index in [1.165, 1.54) is 18.2 Å². The van der Waals surface area contributed by atoms with Gasteiger partial charge in [0.2, 0.25) is 0 Å². The molecular formula is C18H10F2N2O2S. The highest BCUT2D eigenvalue weighted by Crippen LogP contribution is 2.34. The maximum atomic E-state index is 13.7. The maximum Gasteiger partial charge on any atom is 0.348 e. The quantitative estimate of drug-likeness (QED) is 0.676. The van der Waals surface area contributed by atoms with Crippen LogP contribution < -0.4 is 5.73 Å². The number of nitrogens with zero attached hydrogens (tertiary/aromatic N) is 1. The highest BCUT2D eigenvalue weighted by molar-refractivity contribution is 7.17. The van der Waals surface area contributed by atoms with Gasteiger partial charge in [0.15, 0.2) is 0 Å². The van der Waals surface area contributed by atoms with Crippen molar-refractivity contribution in [2.45, 2.75) is 0 Å². The number of thiophene rings is 1. The lowest BCUT2D eigenvalue weighted by atomic mass is 9.97. The number of carboxylic acids is 1. The van der Waals surface area contributed by atoms with Crippen LogP contribution in [0.25, 0.3) is 21.6 Å². The molecule has 0 unspecified atom stereocenters. The van der Waals surface area contributed by atoms with E-state index >= 15 is 0 Å². The van der Waals surface area contributed by atoms with Crippen LogP contribution in [0.2, 0.25) is 0 Å². The van der Waals surface area contributed by atoms with E-state index in [4.69, 9.17) is 10.8 Å². The number of nitrogens with two attached hydrogens (primary N) is 1. The number of carboxylic acid groups (broad SMARTS) is 1. The molecule has 2 aromatic carbocycles. The molecule has 3 rings (SSSR count). The van der Waals surface area contributed by atoms with Crippen LogP contribution in [0.3, 0.4) is 0 Å². The Hall–Kier alpha value is -3.24. The molecule has 4 nitrogen and oxygen atoms in total. The van der Waals surface area contributed by atoms with Gasteiger partial charge in [0.25, 0.3) is 0 Å². The molecule has 1 heterocycles. The Morgan fingerprint density at radius 1 is 1.08 bits per heavy atom. The minimum Gasteiger partial charge on any atom is -0.477 e. The first-order valence-corrected chi connectivity index (χ1v) is 7.85. The first-order valence-electron chi connectivity index (χ1n) is 7.03. The highest BCUT2D eigenvalue weighted by atomic mass is 32.1. The lowest BCUT2D eigenvalue weighted by Crippen LogP contribution is -1.93. The molecule has 0 bridgehead atoms. The van der Waals surface area contributed by atoms with E-state index in [2.05, 4.69) is 0 Å². The van der Waals surface area contributed by atoms with Gasteiger partial charge in [-0.25, -0.2) is 13.6 Å². The summed E-state index contributed by atoms with van der Waals surface area (Å²) in [6, 6.07) is 12.1. The molecule has 0 aliphatic heterocycles. The van der Waals surface area contributed by atoms with Gasteiger partial charge in [-0.05, 0) is 41.0 Å². The van der Waals surface area contributed by atoms with Crippen LogP contribution in [0, 0.1) is 23.0 Å². The zero-order chi connectivity index (χ0) is 18.1. The number of carbonyl (C=O) groups is 1. The summed E-state index contributed by atoms with van der Waals surface area (Å²) in [6.07, 6.45) is 0. The highest BCUT2D eigenvalue weighted by Gasteiger charge is 2.17. The molecule has 3 N–H and O–H groups in total. The van der Waals surface area contributed by atoms with Gasteiger partial charge in [0.05, 0.1) is 17.3 Å². The van der Waals surface area contributed by atoms with Crippen molar-refractivity contribution in [1.29, 1.82) is 5.26 Å². The Labute approximate surface area is 145 Å². The Morgan fingerprint density at radius 2 is 1.80 bits per heavy atom. The first kappa shape index (κ1) is 16.6. The summed E-state index contributed by atoms with van der Waals surface area (Å²) in [4.78, 5) is 11.0. The second-order valence-corrected chi connectivity index (χ2v) is 6.25. The zero-order valence-corrected chi connectivity index (χ0v) is 13.4. The predicted octanol–water partition coefficient (Wildman–Crippen LogP) is 4.51. The van der Waals surface area contributed by atoms with Crippen molar-refractivity contribution >= 4 is 23.0 Å². The number of anilines is 1. The van der Waals surface area contributed by atoms with Crippen LogP contribution in [0.15, 0.2) is 42.5 Å². The number of hydrogen-bond donors (Lipinski definition) is 2. The summed E-state index contributed by atoms with van der Waals surface area (Å²) < 4.78 is 27.3. The van der Waals surface area contributed by atoms with E-state index in [1.54, 1.807) is 18.2 Å². The summed E-state index contributed by atoms with van der Waals surface area (Å²) in [7, 11) is 0. The van der Waals surface area contributed by atoms with E-state index in [-0.39, 0.29) is 11.3 Å². The number of halogens is 2. The standard InChI is InChI=1S/C18H10F2N2O2S/c19-13-6-9(2-4-15(13)22)12-3-1-10(5-11(12)8-21)16-7-14(20)17(25-16)18(23)24/h1-7H,22H2,(H,23,24). The van der Waals surface area contributed by atoms with Gasteiger partial charge in [-0.2, -0.15) is 5.26 Å². The Kier molecular flexibility index (Phi) is 4.21. The fourth-order valence-electron chi connectivity index (χ4n) is 2.39. The summed E-state index contributed by atoms with van der Waals surface area (Å²) in [5.41, 5.74) is 7.21. The second kappa shape index (κ2) is 6.34. The molecule has 1 aromatic heterocycles. The number of rotatable bonds is 3. The largest absolute Gasteiger partial charge is 0.477 e. The molecule has 0 aliphatic carbocycles. The van der Waals surface area contributed by atoms with Crippen LogP contribution >= 0.6 is 11.3 Å². The van der Waals surface area contributed by atoms with Crippen LogP contribution in [-0.4, -0.2) is 11.1 Å². The van der Waals surface area contributed by atoms with Crippen molar-refractivity contribution in [3.63, 3.8) is 0 Å². The molecule has 0 atom stereocenters. The zero-order valence-electron chi connectivity index (χ0n) is 12.6. The summed E-state index contributed by atoms with van der Waals surface area (Å²) in [5.74, 6) is -2.75. The van der Waals surface area contributed by atoms with Crippen molar-refractivity contribution in [3.8, 4) is 27.6 Å². The third-order valence-electron chi connectivity index (χ3n) is 3.62. The van der Waals surface area contributed by atoms with E-state index in [0.717, 1.165) is 17.4 Å². The maximum absolute atomic E-state index is 13.7. The van der Waals surface area contributed by atoms with E-state index in [1.807, 2.05) is 6.07 Å². The minimum absolute atomic E-state index is 0.00846. The van der Waals surface area contributed by atoms with E-state index in [9.17, 15) is 18.8 Å². The summed E-state index contributed by atoms with van der Waals surface area (Å²) in [6.45, 7) is 0. The van der Waals surface area contributed by atoms with Gasteiger partial charge in [-0.15, -0.1) is 11.3 Å². The third kappa shape index (κ3) is 3.07. The van der Waals surface area contributed by atoms with Crippen LogP contribution in [0.1, 0.15) is 15.2 Å². The van der Waals surface area contributed by atoms with Crippen molar-refractivity contribution in [2.75, 3.05) is 5.73 Å². The SMILES string of the molecule is N#Cc1cc(-c2cc(F)c(C(=O)O)s2)ccc1-c1ccc(N)c(F)c1. The lowest BCUT2D eigenvalue weighted by molar-refractivity contribution is 0.0697. The lowest BCUT2D eigenvalue weighted by Gasteiger charge is -2.07. The predicted molar refractivity (Wildman–Crippen MR) is 91.2 cm³/mol. The number of benzene rings is 2. The van der Waals surface area contributed by atoms with Crippen molar-refractivity contribution in [1.82, 2.24) is 0 Å². The molecular weight excluding hydrogens is 346 g/mol. The normalized spacial score (nSPS) is 10.4. The minimum atomic E-state index is -1.34. The van der Waals surface area contributed by atoms with Gasteiger partial charge < -0.3 is 10.8 Å². The van der Waals surface area contributed by atoms with Crippen LogP contribution in [0.5, 0.6) is 0 Å². The van der Waals surface area contributed by atoms with Gasteiger partial charge >= 0.3 is 5.97 Å². The Balaban J connectivity index is 2.09. The molecule has 25 heavy (non-hydrogen) atoms. The average molecular weight is 356 g/mol. The van der Waals surface area contributed by atoms with Gasteiger partial charge in [0, 0.05) is 4.88 Å². The molecule has 3 aromatic rings. The molecule has 7 heteroatoms. The Morgan fingerprint density at radius 3 is 2.40 bits per heavy atom. The fourth-order valence-corrected chi connectivity index (χ4v) is 3.26. The van der Waals surface area contributed by atoms with Gasteiger partial charge in [-0.3, -0.25) is 0 Å². The third-order valence-corrected chi connectivity index (χ3v) is 4.76. The molecule has 0 saturated carbocycles. The van der Waals surface area contributed by atoms with Crippen LogP contribution in [-0.2, 0) is 0 Å². The van der Waals surface area contributed by atoms with Crippen molar-refractivity contribution in [3.05, 3.63) is 64.5 Å². The average Bonchev–Trinajstić information content (AvgIpc) is 2.99. The monoisotopic (exact) mass is 356 g/mol. The topological polar surface area (TPSA) is 87.1 Å². The van der Waals surface area contributed by atoms with Gasteiger partial charge in [-0.1, -0.05) is 18.2 Å². The molecule has 0 radical (unpaired) electrons. The smallest absolute Gasteiger partial charge is 0.348 e. The molecule has 124 valence electrons. The number of nitrogen functional groups attached to an aromatic ring is 1. The number of aromatic carboxylic acids is 1. The van der Waals surface area contributed by atoms with Crippen LogP contribution in [0.4, 0.5) is 14.5 Å². The fraction of sp³-hybridized carbons (Fsp3) is 0. The molecule has 0 fully saturated rings. The van der Waals surface area contributed by atoms with E-state index < -0.39 is 22.5 Å². The van der Waals surface area contributed by atoms with Crippen molar-refractivity contribution < 1.29 is 18.7 Å². The summed E-state index contributed by atoms with van der Waals surface area (Å²) >= 11 is 0.785. The number of nitriles is 1. The molecule has 0 aliphatic rings. The Bertz CT molecular complexity index is 1040. The summed E-state index contributed by atoms with van der Waals surface area (Å²) in [5, 5.41) is 18.3.